The summed E-state index contributed by atoms with van der Waals surface area (Å²) in [6, 6.07) is 1.72. The lowest BCUT2D eigenvalue weighted by Crippen LogP contribution is -2.10. The highest BCUT2D eigenvalue weighted by Gasteiger charge is 2.08. The van der Waals surface area contributed by atoms with Gasteiger partial charge in [-0.1, -0.05) is 13.3 Å². The number of esters is 1. The molecular formula is C10H15N3O2. The molecule has 0 bridgehead atoms. The molecule has 1 rings (SSSR count). The molecule has 0 radical (unpaired) electrons. The highest BCUT2D eigenvalue weighted by molar-refractivity contribution is 5.85. The van der Waals surface area contributed by atoms with Crippen molar-refractivity contribution in [2.75, 3.05) is 19.0 Å². The normalized spacial score (nSPS) is 9.73. The number of methoxy groups -OCH3 is 1. The van der Waals surface area contributed by atoms with Gasteiger partial charge in [-0.25, -0.2) is 14.8 Å². The van der Waals surface area contributed by atoms with Crippen LogP contribution >= 0.6 is 0 Å². The van der Waals surface area contributed by atoms with Gasteiger partial charge in [-0.2, -0.15) is 0 Å². The average Bonchev–Trinajstić information content (AvgIpc) is 2.29. The van der Waals surface area contributed by atoms with Crippen molar-refractivity contribution in [1.29, 1.82) is 0 Å². The van der Waals surface area contributed by atoms with E-state index in [1.807, 2.05) is 0 Å². The van der Waals surface area contributed by atoms with Crippen LogP contribution in [0.2, 0.25) is 0 Å². The van der Waals surface area contributed by atoms with E-state index in [2.05, 4.69) is 26.9 Å². The first kappa shape index (κ1) is 11.4. The minimum atomic E-state index is -0.519. The van der Waals surface area contributed by atoms with Crippen LogP contribution in [0.4, 0.5) is 5.82 Å². The molecule has 1 aromatic heterocycles. The Morgan fingerprint density at radius 3 is 3.07 bits per heavy atom. The molecular weight excluding hydrogens is 194 g/mol. The van der Waals surface area contributed by atoms with E-state index in [0.29, 0.717) is 5.82 Å². The number of nitrogens with one attached hydrogen (secondary N) is 1. The summed E-state index contributed by atoms with van der Waals surface area (Å²) in [7, 11) is 1.31. The second-order valence-corrected chi connectivity index (χ2v) is 3.04. The number of aromatic nitrogens is 2. The van der Waals surface area contributed by atoms with Crippen LogP contribution in [-0.4, -0.2) is 29.6 Å². The predicted octanol–water partition coefficient (Wildman–Crippen LogP) is 1.48. The molecule has 0 aliphatic rings. The zero-order valence-electron chi connectivity index (χ0n) is 8.99. The number of nitrogens with zero attached hydrogens (tertiary/aromatic N) is 2. The third kappa shape index (κ3) is 3.53. The van der Waals surface area contributed by atoms with Crippen LogP contribution in [0.3, 0.4) is 0 Å². The molecule has 5 nitrogen and oxygen atoms in total. The Morgan fingerprint density at radius 2 is 2.40 bits per heavy atom. The van der Waals surface area contributed by atoms with E-state index in [-0.39, 0.29) is 5.82 Å². The van der Waals surface area contributed by atoms with Crippen molar-refractivity contribution in [3.05, 3.63) is 18.1 Å². The van der Waals surface area contributed by atoms with E-state index in [1.54, 1.807) is 6.07 Å². The van der Waals surface area contributed by atoms with Gasteiger partial charge in [-0.15, -0.1) is 0 Å². The van der Waals surface area contributed by atoms with Gasteiger partial charge in [0.2, 0.25) is 5.82 Å². The smallest absolute Gasteiger partial charge is 0.376 e. The maximum atomic E-state index is 11.1. The summed E-state index contributed by atoms with van der Waals surface area (Å²) in [5.41, 5.74) is 0. The molecule has 0 aliphatic heterocycles. The van der Waals surface area contributed by atoms with Gasteiger partial charge in [0.05, 0.1) is 7.11 Å². The number of ether oxygens (including phenoxy) is 1. The van der Waals surface area contributed by atoms with Gasteiger partial charge in [0.1, 0.15) is 5.82 Å². The molecule has 15 heavy (non-hydrogen) atoms. The minimum Gasteiger partial charge on any atom is -0.463 e. The van der Waals surface area contributed by atoms with E-state index in [4.69, 9.17) is 0 Å². The summed E-state index contributed by atoms with van der Waals surface area (Å²) in [5.74, 6) is 0.215. The van der Waals surface area contributed by atoms with Gasteiger partial charge < -0.3 is 10.1 Å². The van der Waals surface area contributed by atoms with Crippen molar-refractivity contribution >= 4 is 11.8 Å². The molecule has 0 aliphatic carbocycles. The van der Waals surface area contributed by atoms with Crippen LogP contribution < -0.4 is 5.32 Å². The highest BCUT2D eigenvalue weighted by atomic mass is 16.5. The molecule has 0 atom stereocenters. The molecule has 1 N–H and O–H groups in total. The van der Waals surface area contributed by atoms with E-state index in [0.717, 1.165) is 19.4 Å². The zero-order chi connectivity index (χ0) is 11.1. The van der Waals surface area contributed by atoms with Crippen molar-refractivity contribution in [1.82, 2.24) is 9.97 Å². The minimum absolute atomic E-state index is 0.0824. The third-order valence-electron chi connectivity index (χ3n) is 1.86. The Balaban J connectivity index is 2.62. The Kier molecular flexibility index (Phi) is 4.53. The summed E-state index contributed by atoms with van der Waals surface area (Å²) < 4.78 is 4.53. The fourth-order valence-corrected chi connectivity index (χ4v) is 1.04. The first-order chi connectivity index (χ1) is 7.27. The van der Waals surface area contributed by atoms with E-state index in [1.165, 1.54) is 13.3 Å². The third-order valence-corrected chi connectivity index (χ3v) is 1.86. The van der Waals surface area contributed by atoms with Crippen LogP contribution in [0, 0.1) is 0 Å². The maximum absolute atomic E-state index is 11.1. The van der Waals surface area contributed by atoms with Gasteiger partial charge in [-0.05, 0) is 12.5 Å². The quantitative estimate of drug-likeness (QED) is 0.587. The summed E-state index contributed by atoms with van der Waals surface area (Å²) in [4.78, 5) is 19.0. The summed E-state index contributed by atoms with van der Waals surface area (Å²) in [6.45, 7) is 2.95. The standard InChI is InChI=1S/C10H15N3O2/c1-3-4-6-11-8-5-7-12-9(13-8)10(14)15-2/h5,7H,3-4,6H2,1-2H3,(H,11,12,13). The number of carbonyl (C=O) groups is 1. The van der Waals surface area contributed by atoms with Crippen LogP contribution in [-0.2, 0) is 4.74 Å². The molecule has 0 fully saturated rings. The Hall–Kier alpha value is -1.65. The molecule has 0 spiro atoms. The van der Waals surface area contributed by atoms with Crippen molar-refractivity contribution in [3.8, 4) is 0 Å². The van der Waals surface area contributed by atoms with Crippen LogP contribution in [0.25, 0.3) is 0 Å². The lowest BCUT2D eigenvalue weighted by Gasteiger charge is -2.04. The number of unbranched alkanes of at least 4 members (excludes halogenated alkanes) is 1. The average molecular weight is 209 g/mol. The predicted molar refractivity (Wildman–Crippen MR) is 56.8 cm³/mol. The van der Waals surface area contributed by atoms with Crippen molar-refractivity contribution < 1.29 is 9.53 Å². The lowest BCUT2D eigenvalue weighted by atomic mass is 10.3. The largest absolute Gasteiger partial charge is 0.463 e. The van der Waals surface area contributed by atoms with Crippen molar-refractivity contribution in [2.45, 2.75) is 19.8 Å². The fourth-order valence-electron chi connectivity index (χ4n) is 1.04. The van der Waals surface area contributed by atoms with Crippen molar-refractivity contribution in [2.24, 2.45) is 0 Å². The number of hydrogen-bond acceptors (Lipinski definition) is 5. The monoisotopic (exact) mass is 209 g/mol. The highest BCUT2D eigenvalue weighted by Crippen LogP contribution is 2.03. The van der Waals surface area contributed by atoms with E-state index >= 15 is 0 Å². The second kappa shape index (κ2) is 5.95. The number of anilines is 1. The molecule has 5 heteroatoms. The van der Waals surface area contributed by atoms with Gasteiger partial charge in [0.15, 0.2) is 0 Å². The molecule has 0 unspecified atom stereocenters. The van der Waals surface area contributed by atoms with E-state index in [9.17, 15) is 4.79 Å². The Morgan fingerprint density at radius 1 is 1.60 bits per heavy atom. The first-order valence-corrected chi connectivity index (χ1v) is 4.93. The Labute approximate surface area is 88.9 Å². The number of hydrogen-bond donors (Lipinski definition) is 1. The zero-order valence-corrected chi connectivity index (χ0v) is 8.99. The van der Waals surface area contributed by atoms with Gasteiger partial charge in [-0.3, -0.25) is 0 Å². The van der Waals surface area contributed by atoms with Crippen LogP contribution in [0.1, 0.15) is 30.4 Å². The maximum Gasteiger partial charge on any atom is 0.376 e. The summed E-state index contributed by atoms with van der Waals surface area (Å²) in [6.07, 6.45) is 3.72. The SMILES string of the molecule is CCCCNc1ccnc(C(=O)OC)n1. The molecule has 0 saturated carbocycles. The van der Waals surface area contributed by atoms with Crippen LogP contribution in [0.5, 0.6) is 0 Å². The fraction of sp³-hybridized carbons (Fsp3) is 0.500. The molecule has 1 heterocycles. The lowest BCUT2D eigenvalue weighted by molar-refractivity contribution is 0.0587. The molecule has 0 amide bonds. The summed E-state index contributed by atoms with van der Waals surface area (Å²) in [5, 5.41) is 3.11. The second-order valence-electron chi connectivity index (χ2n) is 3.04. The van der Waals surface area contributed by atoms with Crippen LogP contribution in [0.15, 0.2) is 12.3 Å². The molecule has 1 aromatic rings. The molecule has 0 aromatic carbocycles. The van der Waals surface area contributed by atoms with Gasteiger partial charge >= 0.3 is 5.97 Å². The number of rotatable bonds is 5. The molecule has 0 saturated heterocycles. The topological polar surface area (TPSA) is 64.1 Å². The number of carbonyl (C=O) groups excluding carboxylic acids is 1. The van der Waals surface area contributed by atoms with Gasteiger partial charge in [0, 0.05) is 12.7 Å². The Bertz CT molecular complexity index is 328. The first-order valence-electron chi connectivity index (χ1n) is 4.93. The van der Waals surface area contributed by atoms with Gasteiger partial charge in [0.25, 0.3) is 0 Å². The summed E-state index contributed by atoms with van der Waals surface area (Å²) >= 11 is 0. The molecule has 82 valence electrons. The van der Waals surface area contributed by atoms with E-state index < -0.39 is 5.97 Å². The van der Waals surface area contributed by atoms with Crippen molar-refractivity contribution in [3.63, 3.8) is 0 Å².